The normalized spacial score (nSPS) is 12.0. The van der Waals surface area contributed by atoms with Gasteiger partial charge in [-0.1, -0.05) is 129 Å². The van der Waals surface area contributed by atoms with Crippen molar-refractivity contribution in [3.8, 4) is 28.2 Å². The molecular weight excluding hydrogens is 739 g/mol. The van der Waals surface area contributed by atoms with Gasteiger partial charge in [0.25, 0.3) is 0 Å². The van der Waals surface area contributed by atoms with Crippen molar-refractivity contribution >= 4 is 0 Å². The predicted octanol–water partition coefficient (Wildman–Crippen LogP) is 10.7. The number of unbranched alkanes of at least 4 members (excludes halogenated alkanes) is 1. The van der Waals surface area contributed by atoms with Gasteiger partial charge in [-0.05, 0) is 61.1 Å². The number of hydrogen-bond donors (Lipinski definition) is 0. The number of aromatic nitrogens is 3. The molecule has 0 saturated carbocycles. The molecule has 1 radical (unpaired) electrons. The zero-order valence-electron chi connectivity index (χ0n) is 27.4. The third-order valence-electron chi connectivity index (χ3n) is 9.25. The maximum absolute atomic E-state index is 4.79. The Balaban J connectivity index is 0.00000417. The first-order valence-corrected chi connectivity index (χ1v) is 16.2. The molecule has 0 spiro atoms. The Bertz CT molecular complexity index is 1840. The first-order chi connectivity index (χ1) is 21.9. The smallest absolute Gasteiger partial charge is 0.131 e. The molecule has 0 aliphatic heterocycles. The summed E-state index contributed by atoms with van der Waals surface area (Å²) in [5, 5.41) is 9.56. The summed E-state index contributed by atoms with van der Waals surface area (Å²) in [4.78, 5) is 0. The maximum Gasteiger partial charge on any atom is 0.131 e. The van der Waals surface area contributed by atoms with Crippen LogP contribution in [0, 0.1) is 19.9 Å². The number of benzene rings is 5. The van der Waals surface area contributed by atoms with Crippen molar-refractivity contribution in [2.45, 2.75) is 65.2 Å². The van der Waals surface area contributed by atoms with Crippen LogP contribution in [-0.2, 0) is 25.5 Å². The van der Waals surface area contributed by atoms with Gasteiger partial charge in [0.1, 0.15) is 5.82 Å². The van der Waals surface area contributed by atoms with Crippen molar-refractivity contribution < 1.29 is 20.1 Å². The van der Waals surface area contributed by atoms with Gasteiger partial charge in [0.05, 0.1) is 5.82 Å². The van der Waals surface area contributed by atoms with Gasteiger partial charge in [-0.25, -0.2) is 0 Å². The molecule has 0 fully saturated rings. The van der Waals surface area contributed by atoms with Crippen molar-refractivity contribution in [1.29, 1.82) is 0 Å². The van der Waals surface area contributed by atoms with E-state index in [-0.39, 0.29) is 25.5 Å². The molecule has 1 heterocycles. The molecule has 5 aromatic carbocycles. The largest absolute Gasteiger partial charge is 0.320 e. The predicted molar refractivity (Wildman–Crippen MR) is 187 cm³/mol. The van der Waals surface area contributed by atoms with E-state index in [1.165, 1.54) is 40.7 Å². The molecular formula is C42H42IrN3-. The molecule has 0 aliphatic rings. The number of aryl methyl sites for hydroxylation is 2. The van der Waals surface area contributed by atoms with Crippen LogP contribution in [0.2, 0.25) is 0 Å². The Hall–Kier alpha value is -4.11. The Labute approximate surface area is 288 Å². The van der Waals surface area contributed by atoms with Gasteiger partial charge in [0, 0.05) is 37.1 Å². The molecule has 0 amide bonds. The molecule has 4 heteroatoms. The molecule has 0 aliphatic carbocycles. The molecule has 235 valence electrons. The fourth-order valence-corrected chi connectivity index (χ4v) is 6.54. The SMILES string of the molecule is CCCCC(C)c1nnc(-c2[c-]ccc(-c3ccc(C(C)(c4ccccc4)c4ccccc4)cc3)c2)n1-c1ccc(C)cc1C.[Ir]. The van der Waals surface area contributed by atoms with Gasteiger partial charge in [-0.3, -0.25) is 0 Å². The first kappa shape index (κ1) is 33.3. The summed E-state index contributed by atoms with van der Waals surface area (Å²) in [7, 11) is 0. The summed E-state index contributed by atoms with van der Waals surface area (Å²) >= 11 is 0. The van der Waals surface area contributed by atoms with Crippen LogP contribution in [0.4, 0.5) is 0 Å². The molecule has 6 aromatic rings. The Morgan fingerprint density at radius 3 is 1.98 bits per heavy atom. The summed E-state index contributed by atoms with van der Waals surface area (Å²) in [6, 6.07) is 47.0. The van der Waals surface area contributed by atoms with E-state index in [1.807, 2.05) is 6.07 Å². The van der Waals surface area contributed by atoms with Gasteiger partial charge in [0.15, 0.2) is 0 Å². The van der Waals surface area contributed by atoms with Crippen LogP contribution in [0.3, 0.4) is 0 Å². The standard InChI is InChI=1S/C42H42N3.Ir/c1-6-7-15-31(3)40-43-44-41(45(40)39-27-22-30(2)28-32(39)4)35-17-14-16-34(29-35)33-23-25-38(26-24-33)42(5,36-18-10-8-11-19-36)37-20-12-9-13-21-37;/h8-14,16,18-29,31H,6-7,15H2,1-5H3;/q-1;. The van der Waals surface area contributed by atoms with Crippen LogP contribution >= 0.6 is 0 Å². The Kier molecular flexibility index (Phi) is 10.5. The average Bonchev–Trinajstić information content (AvgIpc) is 3.53. The fourth-order valence-electron chi connectivity index (χ4n) is 6.54. The molecule has 0 saturated heterocycles. The minimum Gasteiger partial charge on any atom is -0.320 e. The number of rotatable bonds is 10. The maximum atomic E-state index is 4.79. The molecule has 1 atom stereocenters. The van der Waals surface area contributed by atoms with Crippen LogP contribution in [0.25, 0.3) is 28.2 Å². The van der Waals surface area contributed by atoms with E-state index in [9.17, 15) is 0 Å². The first-order valence-electron chi connectivity index (χ1n) is 16.2. The third-order valence-corrected chi connectivity index (χ3v) is 9.25. The topological polar surface area (TPSA) is 30.7 Å². The second-order valence-corrected chi connectivity index (χ2v) is 12.5. The molecule has 0 N–H and O–H groups in total. The van der Waals surface area contributed by atoms with Crippen molar-refractivity contribution in [2.24, 2.45) is 0 Å². The summed E-state index contributed by atoms with van der Waals surface area (Å²) < 4.78 is 2.26. The zero-order chi connectivity index (χ0) is 31.4. The summed E-state index contributed by atoms with van der Waals surface area (Å²) in [5.41, 5.74) is 10.4. The Morgan fingerprint density at radius 1 is 0.739 bits per heavy atom. The fraction of sp³-hybridized carbons (Fsp3) is 0.238. The van der Waals surface area contributed by atoms with Crippen LogP contribution in [0.5, 0.6) is 0 Å². The van der Waals surface area contributed by atoms with Crippen LogP contribution in [-0.4, -0.2) is 14.8 Å². The van der Waals surface area contributed by atoms with E-state index >= 15 is 0 Å². The molecule has 1 unspecified atom stereocenters. The van der Waals surface area contributed by atoms with Gasteiger partial charge in [-0.2, -0.15) is 5.10 Å². The van der Waals surface area contributed by atoms with E-state index < -0.39 is 0 Å². The van der Waals surface area contributed by atoms with E-state index in [0.29, 0.717) is 5.92 Å². The van der Waals surface area contributed by atoms with Crippen molar-refractivity contribution in [2.75, 3.05) is 0 Å². The third kappa shape index (κ3) is 6.56. The summed E-state index contributed by atoms with van der Waals surface area (Å²) in [6.07, 6.45) is 3.42. The van der Waals surface area contributed by atoms with Gasteiger partial charge in [-0.15, -0.1) is 40.5 Å². The number of nitrogens with zero attached hydrogens (tertiary/aromatic N) is 3. The van der Waals surface area contributed by atoms with Crippen LogP contribution < -0.4 is 0 Å². The van der Waals surface area contributed by atoms with Crippen molar-refractivity contribution in [1.82, 2.24) is 14.8 Å². The van der Waals surface area contributed by atoms with E-state index in [0.717, 1.165) is 40.4 Å². The minimum atomic E-state index is -0.274. The monoisotopic (exact) mass is 781 g/mol. The zero-order valence-corrected chi connectivity index (χ0v) is 29.8. The second kappa shape index (κ2) is 14.5. The molecule has 3 nitrogen and oxygen atoms in total. The minimum absolute atomic E-state index is 0. The van der Waals surface area contributed by atoms with Crippen molar-refractivity contribution in [3.05, 3.63) is 161 Å². The van der Waals surface area contributed by atoms with Gasteiger partial charge < -0.3 is 4.57 Å². The molecule has 46 heavy (non-hydrogen) atoms. The summed E-state index contributed by atoms with van der Waals surface area (Å²) in [5.74, 6) is 2.14. The van der Waals surface area contributed by atoms with Gasteiger partial charge >= 0.3 is 0 Å². The van der Waals surface area contributed by atoms with E-state index in [2.05, 4.69) is 161 Å². The molecule has 6 rings (SSSR count). The number of hydrogen-bond acceptors (Lipinski definition) is 2. The van der Waals surface area contributed by atoms with Crippen molar-refractivity contribution in [3.63, 3.8) is 0 Å². The molecule has 1 aromatic heterocycles. The Morgan fingerprint density at radius 2 is 1.37 bits per heavy atom. The molecule has 0 bridgehead atoms. The van der Waals surface area contributed by atoms with Gasteiger partial charge in [0.2, 0.25) is 0 Å². The van der Waals surface area contributed by atoms with Crippen LogP contribution in [0.1, 0.15) is 79.6 Å². The summed E-state index contributed by atoms with van der Waals surface area (Å²) in [6.45, 7) is 11.1. The average molecular weight is 781 g/mol. The van der Waals surface area contributed by atoms with Crippen LogP contribution in [0.15, 0.2) is 121 Å². The van der Waals surface area contributed by atoms with E-state index in [1.54, 1.807) is 0 Å². The van der Waals surface area contributed by atoms with E-state index in [4.69, 9.17) is 10.2 Å². The quantitative estimate of drug-likeness (QED) is 0.102. The second-order valence-electron chi connectivity index (χ2n) is 12.5.